The number of amides is 1. The van der Waals surface area contributed by atoms with Crippen LogP contribution in [-0.4, -0.2) is 62.5 Å². The van der Waals surface area contributed by atoms with E-state index in [1.807, 2.05) is 13.8 Å². The molecule has 1 saturated heterocycles. The predicted octanol–water partition coefficient (Wildman–Crippen LogP) is 1.80. The summed E-state index contributed by atoms with van der Waals surface area (Å²) in [6, 6.07) is 5.77. The zero-order valence-electron chi connectivity index (χ0n) is 17.5. The van der Waals surface area contributed by atoms with Gasteiger partial charge in [0.25, 0.3) is 5.91 Å². The van der Waals surface area contributed by atoms with E-state index in [-0.39, 0.29) is 41.6 Å². The number of nitrogens with one attached hydrogen (secondary N) is 1. The summed E-state index contributed by atoms with van der Waals surface area (Å²) in [4.78, 5) is 24.2. The molecule has 2 rings (SSSR count). The minimum Gasteiger partial charge on any atom is -0.463 e. The second kappa shape index (κ2) is 9.69. The molecule has 9 heteroatoms. The molecule has 1 aliphatic rings. The van der Waals surface area contributed by atoms with Gasteiger partial charge < -0.3 is 14.8 Å². The quantitative estimate of drug-likeness (QED) is 0.667. The van der Waals surface area contributed by atoms with Crippen LogP contribution in [0.5, 0.6) is 0 Å². The Bertz CT molecular complexity index is 812. The van der Waals surface area contributed by atoms with Gasteiger partial charge in [0, 0.05) is 25.2 Å². The van der Waals surface area contributed by atoms with Crippen molar-refractivity contribution in [3.8, 4) is 0 Å². The zero-order valence-corrected chi connectivity index (χ0v) is 18.4. The molecule has 162 valence electrons. The topological polar surface area (TPSA) is 102 Å². The smallest absolute Gasteiger partial charge is 0.310 e. The number of hydrogen-bond donors (Lipinski definition) is 1. The summed E-state index contributed by atoms with van der Waals surface area (Å²) in [7, 11) is -3.66. The monoisotopic (exact) mass is 426 g/mol. The lowest BCUT2D eigenvalue weighted by Crippen LogP contribution is -2.48. The van der Waals surface area contributed by atoms with Crippen molar-refractivity contribution >= 4 is 21.9 Å². The molecule has 0 saturated carbocycles. The molecule has 1 amide bonds. The number of ether oxygens (including phenoxy) is 2. The molecule has 1 aromatic carbocycles. The molecule has 0 bridgehead atoms. The van der Waals surface area contributed by atoms with Crippen molar-refractivity contribution in [2.24, 2.45) is 5.92 Å². The minimum atomic E-state index is -3.66. The molecule has 0 aliphatic carbocycles. The van der Waals surface area contributed by atoms with Crippen LogP contribution in [0.4, 0.5) is 0 Å². The van der Waals surface area contributed by atoms with Crippen molar-refractivity contribution in [1.29, 1.82) is 0 Å². The predicted molar refractivity (Wildman–Crippen MR) is 108 cm³/mol. The van der Waals surface area contributed by atoms with E-state index in [0.29, 0.717) is 18.7 Å². The number of benzene rings is 1. The van der Waals surface area contributed by atoms with Crippen molar-refractivity contribution < 1.29 is 27.5 Å². The molecule has 1 aromatic rings. The third-order valence-electron chi connectivity index (χ3n) is 4.46. The van der Waals surface area contributed by atoms with Crippen LogP contribution in [0, 0.1) is 5.92 Å². The normalized spacial score (nSPS) is 21.6. The summed E-state index contributed by atoms with van der Waals surface area (Å²) in [5, 5.41) is 2.67. The Morgan fingerprint density at radius 1 is 1.14 bits per heavy atom. The lowest BCUT2D eigenvalue weighted by Gasteiger charge is -2.34. The molecule has 1 fully saturated rings. The third-order valence-corrected chi connectivity index (χ3v) is 6.31. The molecule has 1 aliphatic heterocycles. The summed E-state index contributed by atoms with van der Waals surface area (Å²) in [5.74, 6) is -1.24. The Kier molecular flexibility index (Phi) is 7.79. The van der Waals surface area contributed by atoms with Crippen LogP contribution in [0.15, 0.2) is 29.2 Å². The highest BCUT2D eigenvalue weighted by Crippen LogP contribution is 2.21. The van der Waals surface area contributed by atoms with Gasteiger partial charge in [-0.15, -0.1) is 0 Å². The number of sulfonamides is 1. The summed E-state index contributed by atoms with van der Waals surface area (Å²) in [5.41, 5.74) is 0.317. The van der Waals surface area contributed by atoms with E-state index in [4.69, 9.17) is 9.47 Å². The number of nitrogens with zero attached hydrogens (tertiary/aromatic N) is 1. The molecule has 0 spiro atoms. The molecule has 1 N–H and O–H groups in total. The van der Waals surface area contributed by atoms with Crippen LogP contribution in [0.1, 0.15) is 45.0 Å². The van der Waals surface area contributed by atoms with Crippen molar-refractivity contribution in [2.45, 2.75) is 57.8 Å². The average molecular weight is 427 g/mol. The first-order valence-electron chi connectivity index (χ1n) is 9.75. The molecule has 0 unspecified atom stereocenters. The number of rotatable bonds is 7. The van der Waals surface area contributed by atoms with E-state index in [2.05, 4.69) is 5.32 Å². The van der Waals surface area contributed by atoms with Crippen LogP contribution in [-0.2, 0) is 24.3 Å². The van der Waals surface area contributed by atoms with Gasteiger partial charge in [0.1, 0.15) is 0 Å². The maximum atomic E-state index is 12.9. The number of morpholine rings is 1. The summed E-state index contributed by atoms with van der Waals surface area (Å²) < 4.78 is 37.8. The first kappa shape index (κ1) is 23.3. The number of carbonyl (C=O) groups is 2. The number of hydrogen-bond acceptors (Lipinski definition) is 6. The molecule has 1 heterocycles. The Balaban J connectivity index is 2.00. The molecular weight excluding hydrogens is 396 g/mol. The third kappa shape index (κ3) is 6.25. The van der Waals surface area contributed by atoms with E-state index in [1.165, 1.54) is 28.6 Å². The van der Waals surface area contributed by atoms with Crippen molar-refractivity contribution in [3.05, 3.63) is 29.8 Å². The largest absolute Gasteiger partial charge is 0.463 e. The van der Waals surface area contributed by atoms with Crippen molar-refractivity contribution in [2.75, 3.05) is 19.6 Å². The van der Waals surface area contributed by atoms with E-state index >= 15 is 0 Å². The first-order chi connectivity index (χ1) is 13.5. The fraction of sp³-hybridized carbons (Fsp3) is 0.600. The molecule has 3 atom stereocenters. The highest BCUT2D eigenvalue weighted by Gasteiger charge is 2.32. The van der Waals surface area contributed by atoms with Gasteiger partial charge in [0.05, 0.1) is 29.1 Å². The van der Waals surface area contributed by atoms with Crippen LogP contribution in [0.2, 0.25) is 0 Å². The van der Waals surface area contributed by atoms with E-state index in [1.54, 1.807) is 20.8 Å². The SMILES string of the molecule is CC(C)OC(=O)[C@H](C)CNC(=O)c1ccc(S(=O)(=O)N2C[C@@H](C)O[C@@H](C)C2)cc1. The lowest BCUT2D eigenvalue weighted by atomic mass is 10.1. The van der Waals surface area contributed by atoms with E-state index in [9.17, 15) is 18.0 Å². The standard InChI is InChI=1S/C20H30N2O6S/c1-13(2)27-20(24)14(3)10-21-19(23)17-6-8-18(9-7-17)29(25,26)22-11-15(4)28-16(5)12-22/h6-9,13-16H,10-12H2,1-5H3,(H,21,23)/t14-,15-,16+/m1/s1. The Morgan fingerprint density at radius 3 is 2.21 bits per heavy atom. The number of esters is 1. The van der Waals surface area contributed by atoms with E-state index < -0.39 is 15.9 Å². The van der Waals surface area contributed by atoms with Crippen LogP contribution in [0.3, 0.4) is 0 Å². The molecule has 8 nitrogen and oxygen atoms in total. The van der Waals surface area contributed by atoms with Gasteiger partial charge >= 0.3 is 5.97 Å². The average Bonchev–Trinajstić information content (AvgIpc) is 2.64. The molecule has 0 aromatic heterocycles. The Morgan fingerprint density at radius 2 is 1.69 bits per heavy atom. The van der Waals surface area contributed by atoms with Gasteiger partial charge in [-0.3, -0.25) is 9.59 Å². The highest BCUT2D eigenvalue weighted by molar-refractivity contribution is 7.89. The van der Waals surface area contributed by atoms with Gasteiger partial charge in [-0.1, -0.05) is 6.92 Å². The van der Waals surface area contributed by atoms with Crippen molar-refractivity contribution in [1.82, 2.24) is 9.62 Å². The van der Waals surface area contributed by atoms with Gasteiger partial charge in [-0.05, 0) is 52.0 Å². The Hall–Kier alpha value is -1.97. The Labute approximate surface area is 172 Å². The fourth-order valence-corrected chi connectivity index (χ4v) is 4.62. The minimum absolute atomic E-state index is 0.129. The first-order valence-corrected chi connectivity index (χ1v) is 11.2. The fourth-order valence-electron chi connectivity index (χ4n) is 3.03. The van der Waals surface area contributed by atoms with Gasteiger partial charge in [-0.25, -0.2) is 8.42 Å². The van der Waals surface area contributed by atoms with Crippen LogP contribution < -0.4 is 5.32 Å². The molecule has 0 radical (unpaired) electrons. The zero-order chi connectivity index (χ0) is 21.8. The summed E-state index contributed by atoms with van der Waals surface area (Å²) >= 11 is 0. The summed E-state index contributed by atoms with van der Waals surface area (Å²) in [6.07, 6.45) is -0.571. The van der Waals surface area contributed by atoms with Crippen LogP contribution >= 0.6 is 0 Å². The maximum absolute atomic E-state index is 12.9. The molecular formula is C20H30N2O6S. The second-order valence-corrected chi connectivity index (χ2v) is 9.64. The van der Waals surface area contributed by atoms with Crippen molar-refractivity contribution in [3.63, 3.8) is 0 Å². The maximum Gasteiger partial charge on any atom is 0.310 e. The van der Waals surface area contributed by atoms with E-state index in [0.717, 1.165) is 0 Å². The summed E-state index contributed by atoms with van der Waals surface area (Å²) in [6.45, 7) is 9.58. The molecule has 29 heavy (non-hydrogen) atoms. The number of carbonyl (C=O) groups excluding carboxylic acids is 2. The van der Waals surface area contributed by atoms with Crippen LogP contribution in [0.25, 0.3) is 0 Å². The second-order valence-electron chi connectivity index (χ2n) is 7.70. The van der Waals surface area contributed by atoms with Gasteiger partial charge in [0.15, 0.2) is 0 Å². The lowest BCUT2D eigenvalue weighted by molar-refractivity contribution is -0.151. The van der Waals surface area contributed by atoms with Gasteiger partial charge in [0.2, 0.25) is 10.0 Å². The van der Waals surface area contributed by atoms with Gasteiger partial charge in [-0.2, -0.15) is 4.31 Å². The highest BCUT2D eigenvalue weighted by atomic mass is 32.2.